The lowest BCUT2D eigenvalue weighted by molar-refractivity contribution is 0.206. The summed E-state index contributed by atoms with van der Waals surface area (Å²) in [6, 6.07) is 11.1. The predicted octanol–water partition coefficient (Wildman–Crippen LogP) is 4.21. The van der Waals surface area contributed by atoms with Crippen LogP contribution in [0.1, 0.15) is 40.0 Å². The number of thioether (sulfide) groups is 1. The largest absolute Gasteiger partial charge is 0.357 e. The van der Waals surface area contributed by atoms with Gasteiger partial charge in [0.05, 0.1) is 6.54 Å². The minimum atomic E-state index is 0. The van der Waals surface area contributed by atoms with Crippen LogP contribution in [-0.4, -0.2) is 54.9 Å². The molecule has 148 valence electrons. The van der Waals surface area contributed by atoms with Gasteiger partial charge in [-0.1, -0.05) is 32.0 Å². The number of likely N-dealkylation sites (tertiary alicyclic amines) is 1. The fourth-order valence-corrected chi connectivity index (χ4v) is 4.05. The smallest absolute Gasteiger partial charge is 0.191 e. The lowest BCUT2D eigenvalue weighted by Gasteiger charge is -2.32. The Morgan fingerprint density at radius 2 is 1.92 bits per heavy atom. The number of rotatable bonds is 8. The van der Waals surface area contributed by atoms with Gasteiger partial charge in [0.25, 0.3) is 0 Å². The Kier molecular flexibility index (Phi) is 12.4. The zero-order valence-corrected chi connectivity index (χ0v) is 19.6. The second-order valence-corrected chi connectivity index (χ2v) is 8.23. The molecule has 0 radical (unpaired) electrons. The molecule has 26 heavy (non-hydrogen) atoms. The molecule has 2 rings (SSSR count). The number of nitrogens with one attached hydrogen (secondary N) is 2. The van der Waals surface area contributed by atoms with Gasteiger partial charge >= 0.3 is 0 Å². The van der Waals surface area contributed by atoms with E-state index in [1.807, 2.05) is 11.8 Å². The van der Waals surface area contributed by atoms with Gasteiger partial charge in [-0.2, -0.15) is 0 Å². The molecule has 0 spiro atoms. The first kappa shape index (κ1) is 23.6. The molecule has 1 saturated heterocycles. The Morgan fingerprint density at radius 3 is 2.54 bits per heavy atom. The average molecular weight is 490 g/mol. The summed E-state index contributed by atoms with van der Waals surface area (Å²) in [5.74, 6) is 0.969. The highest BCUT2D eigenvalue weighted by Gasteiger charge is 2.19. The number of benzene rings is 1. The lowest BCUT2D eigenvalue weighted by Crippen LogP contribution is -2.48. The number of halogens is 1. The van der Waals surface area contributed by atoms with E-state index < -0.39 is 0 Å². The van der Waals surface area contributed by atoms with Crippen LogP contribution in [0.15, 0.2) is 40.2 Å². The first-order valence-corrected chi connectivity index (χ1v) is 10.6. The third-order valence-corrected chi connectivity index (χ3v) is 5.50. The minimum absolute atomic E-state index is 0. The SMILES string of the molecule is CCCN1CCC(NC(=NCC(C)Sc2ccccc2)NCC)CC1.I. The fourth-order valence-electron chi connectivity index (χ4n) is 3.12. The first-order chi connectivity index (χ1) is 12.2. The van der Waals surface area contributed by atoms with Crippen molar-refractivity contribution in [3.8, 4) is 0 Å². The molecule has 4 nitrogen and oxygen atoms in total. The van der Waals surface area contributed by atoms with E-state index in [1.165, 1.54) is 43.8 Å². The quantitative estimate of drug-likeness (QED) is 0.248. The van der Waals surface area contributed by atoms with Gasteiger partial charge in [0.1, 0.15) is 0 Å². The molecule has 2 N–H and O–H groups in total. The highest BCUT2D eigenvalue weighted by atomic mass is 127. The number of guanidine groups is 1. The van der Waals surface area contributed by atoms with Gasteiger partial charge in [0.2, 0.25) is 0 Å². The van der Waals surface area contributed by atoms with Crippen molar-refractivity contribution in [1.82, 2.24) is 15.5 Å². The average Bonchev–Trinajstić information content (AvgIpc) is 2.63. The summed E-state index contributed by atoms with van der Waals surface area (Å²) in [7, 11) is 0. The summed E-state index contributed by atoms with van der Waals surface area (Å²) in [6.07, 6.45) is 3.66. The van der Waals surface area contributed by atoms with Gasteiger partial charge in [0, 0.05) is 35.8 Å². The van der Waals surface area contributed by atoms with Crippen LogP contribution < -0.4 is 10.6 Å². The Hall–Kier alpha value is -0.470. The number of piperidine rings is 1. The van der Waals surface area contributed by atoms with Crippen molar-refractivity contribution in [2.45, 2.75) is 56.2 Å². The normalized spacial score (nSPS) is 17.4. The van der Waals surface area contributed by atoms with Crippen LogP contribution in [0.5, 0.6) is 0 Å². The molecule has 1 unspecified atom stereocenters. The van der Waals surface area contributed by atoms with Crippen LogP contribution in [0.25, 0.3) is 0 Å². The van der Waals surface area contributed by atoms with Crippen molar-refractivity contribution in [3.05, 3.63) is 30.3 Å². The molecule has 0 saturated carbocycles. The molecule has 1 aliphatic heterocycles. The van der Waals surface area contributed by atoms with Crippen molar-refractivity contribution in [2.75, 3.05) is 32.7 Å². The number of aliphatic imine (C=N–C) groups is 1. The maximum atomic E-state index is 4.82. The molecular weight excluding hydrogens is 455 g/mol. The monoisotopic (exact) mass is 490 g/mol. The summed E-state index contributed by atoms with van der Waals surface area (Å²) in [4.78, 5) is 8.70. The molecule has 0 amide bonds. The lowest BCUT2D eigenvalue weighted by atomic mass is 10.1. The summed E-state index contributed by atoms with van der Waals surface area (Å²) < 4.78 is 0. The molecule has 1 aromatic rings. The van der Waals surface area contributed by atoms with Gasteiger partial charge < -0.3 is 15.5 Å². The number of hydrogen-bond donors (Lipinski definition) is 2. The van der Waals surface area contributed by atoms with Crippen molar-refractivity contribution in [2.24, 2.45) is 4.99 Å². The molecule has 1 heterocycles. The highest BCUT2D eigenvalue weighted by Crippen LogP contribution is 2.22. The van der Waals surface area contributed by atoms with Crippen LogP contribution in [0.2, 0.25) is 0 Å². The summed E-state index contributed by atoms with van der Waals surface area (Å²) >= 11 is 1.89. The summed E-state index contributed by atoms with van der Waals surface area (Å²) in [5.41, 5.74) is 0. The van der Waals surface area contributed by atoms with E-state index >= 15 is 0 Å². The second kappa shape index (κ2) is 13.7. The van der Waals surface area contributed by atoms with Crippen LogP contribution >= 0.6 is 35.7 Å². The molecule has 1 aliphatic rings. The van der Waals surface area contributed by atoms with Crippen LogP contribution in [-0.2, 0) is 0 Å². The zero-order valence-electron chi connectivity index (χ0n) is 16.4. The van der Waals surface area contributed by atoms with E-state index in [9.17, 15) is 0 Å². The molecule has 0 aliphatic carbocycles. The minimum Gasteiger partial charge on any atom is -0.357 e. The molecule has 0 aromatic heterocycles. The van der Waals surface area contributed by atoms with Gasteiger partial charge in [-0.15, -0.1) is 35.7 Å². The topological polar surface area (TPSA) is 39.7 Å². The van der Waals surface area contributed by atoms with Gasteiger partial charge in [-0.25, -0.2) is 0 Å². The third-order valence-electron chi connectivity index (χ3n) is 4.40. The maximum Gasteiger partial charge on any atom is 0.191 e. The predicted molar refractivity (Wildman–Crippen MR) is 126 cm³/mol. The Balaban J connectivity index is 0.00000338. The van der Waals surface area contributed by atoms with E-state index in [0.717, 1.165) is 19.0 Å². The molecular formula is C20H35IN4S. The standard InChI is InChI=1S/C20H34N4S.HI/c1-4-13-24-14-11-18(12-15-24)23-20(21-5-2)22-16-17(3)25-19-9-7-6-8-10-19;/h6-10,17-18H,4-5,11-16H2,1-3H3,(H2,21,22,23);1H. The fraction of sp³-hybridized carbons (Fsp3) is 0.650. The summed E-state index contributed by atoms with van der Waals surface area (Å²) in [5, 5.41) is 7.51. The number of hydrogen-bond acceptors (Lipinski definition) is 3. The Bertz CT molecular complexity index is 504. The van der Waals surface area contributed by atoms with Gasteiger partial charge in [-0.3, -0.25) is 4.99 Å². The van der Waals surface area contributed by atoms with Crippen molar-refractivity contribution in [3.63, 3.8) is 0 Å². The molecule has 6 heteroatoms. The maximum absolute atomic E-state index is 4.82. The zero-order chi connectivity index (χ0) is 17.9. The summed E-state index contributed by atoms with van der Waals surface area (Å²) in [6.45, 7) is 12.0. The second-order valence-electron chi connectivity index (χ2n) is 6.72. The highest BCUT2D eigenvalue weighted by molar-refractivity contribution is 14.0. The van der Waals surface area contributed by atoms with Crippen LogP contribution in [0, 0.1) is 0 Å². The van der Waals surface area contributed by atoms with Gasteiger partial charge in [0.15, 0.2) is 5.96 Å². The van der Waals surface area contributed by atoms with Crippen molar-refractivity contribution < 1.29 is 0 Å². The van der Waals surface area contributed by atoms with E-state index in [0.29, 0.717) is 11.3 Å². The molecule has 1 fully saturated rings. The van der Waals surface area contributed by atoms with Gasteiger partial charge in [-0.05, 0) is 44.9 Å². The van der Waals surface area contributed by atoms with E-state index in [2.05, 4.69) is 66.6 Å². The van der Waals surface area contributed by atoms with Crippen LogP contribution in [0.3, 0.4) is 0 Å². The first-order valence-electron chi connectivity index (χ1n) is 9.70. The van der Waals surface area contributed by atoms with Crippen molar-refractivity contribution >= 4 is 41.7 Å². The molecule has 0 bridgehead atoms. The van der Waals surface area contributed by atoms with Crippen molar-refractivity contribution in [1.29, 1.82) is 0 Å². The van der Waals surface area contributed by atoms with Crippen LogP contribution in [0.4, 0.5) is 0 Å². The van der Waals surface area contributed by atoms with E-state index in [4.69, 9.17) is 4.99 Å². The van der Waals surface area contributed by atoms with E-state index in [-0.39, 0.29) is 24.0 Å². The third kappa shape index (κ3) is 8.95. The Labute approximate surface area is 181 Å². The molecule has 1 atom stereocenters. The number of nitrogens with zero attached hydrogens (tertiary/aromatic N) is 2. The Morgan fingerprint density at radius 1 is 1.23 bits per heavy atom. The molecule has 1 aromatic carbocycles. The van der Waals surface area contributed by atoms with E-state index in [1.54, 1.807) is 0 Å².